The van der Waals surface area contributed by atoms with Gasteiger partial charge in [0.1, 0.15) is 0 Å². The highest BCUT2D eigenvalue weighted by molar-refractivity contribution is 5.86. The van der Waals surface area contributed by atoms with Crippen molar-refractivity contribution >= 4 is 22.9 Å². The summed E-state index contributed by atoms with van der Waals surface area (Å²) >= 11 is 0. The van der Waals surface area contributed by atoms with Crippen molar-refractivity contribution in [3.63, 3.8) is 0 Å². The minimum absolute atomic E-state index is 0.134. The number of rotatable bonds is 5. The minimum Gasteiger partial charge on any atom is -0.378 e. The van der Waals surface area contributed by atoms with E-state index in [0.29, 0.717) is 25.0 Å². The van der Waals surface area contributed by atoms with E-state index in [9.17, 15) is 0 Å². The first-order valence-electron chi connectivity index (χ1n) is 12.3. The van der Waals surface area contributed by atoms with Crippen LogP contribution < -0.4 is 10.2 Å². The molecular weight excluding hydrogens is 428 g/mol. The van der Waals surface area contributed by atoms with E-state index in [1.807, 2.05) is 12.5 Å². The summed E-state index contributed by atoms with van der Waals surface area (Å²) in [6.07, 6.45) is 6.34. The first-order chi connectivity index (χ1) is 16.1. The van der Waals surface area contributed by atoms with Crippen LogP contribution in [0, 0.1) is 5.92 Å². The van der Waals surface area contributed by atoms with Crippen LogP contribution in [0.3, 0.4) is 0 Å². The van der Waals surface area contributed by atoms with Gasteiger partial charge in [-0.2, -0.15) is 0 Å². The molecule has 0 aromatic carbocycles. The summed E-state index contributed by atoms with van der Waals surface area (Å²) in [5.41, 5.74) is 3.19. The molecule has 2 aliphatic rings. The third-order valence-corrected chi connectivity index (χ3v) is 6.13. The average molecular weight is 465 g/mol. The molecule has 1 saturated heterocycles. The second-order valence-electron chi connectivity index (χ2n) is 11.6. The van der Waals surface area contributed by atoms with E-state index in [0.717, 1.165) is 53.8 Å². The van der Waals surface area contributed by atoms with Gasteiger partial charge in [0.25, 0.3) is 0 Å². The molecule has 2 fully saturated rings. The molecule has 9 heteroatoms. The highest BCUT2D eigenvalue weighted by atomic mass is 16.5. The third-order valence-electron chi connectivity index (χ3n) is 6.13. The topological polar surface area (TPSA) is 93.9 Å². The number of nitrogens with one attached hydrogen (secondary N) is 1. The molecule has 0 spiro atoms. The zero-order valence-electron chi connectivity index (χ0n) is 21.2. The summed E-state index contributed by atoms with van der Waals surface area (Å²) in [5, 5.41) is 3.40. The number of nitrogens with zero attached hydrogens (tertiary/aromatic N) is 7. The summed E-state index contributed by atoms with van der Waals surface area (Å²) in [5.74, 6) is 2.86. The fraction of sp³-hybridized carbons (Fsp3) is 0.640. The van der Waals surface area contributed by atoms with Crippen molar-refractivity contribution in [1.29, 1.82) is 0 Å². The van der Waals surface area contributed by atoms with Gasteiger partial charge >= 0.3 is 0 Å². The zero-order valence-corrected chi connectivity index (χ0v) is 21.2. The summed E-state index contributed by atoms with van der Waals surface area (Å²) in [6, 6.07) is 0. The quantitative estimate of drug-likeness (QED) is 0.605. The van der Waals surface area contributed by atoms with Crippen LogP contribution in [0.15, 0.2) is 12.5 Å². The van der Waals surface area contributed by atoms with Crippen LogP contribution in [0.25, 0.3) is 22.6 Å². The Hall–Kier alpha value is -2.81. The smallest absolute Gasteiger partial charge is 0.223 e. The van der Waals surface area contributed by atoms with Crippen molar-refractivity contribution in [2.45, 2.75) is 71.9 Å². The Morgan fingerprint density at radius 3 is 2.38 bits per heavy atom. The largest absolute Gasteiger partial charge is 0.378 e. The van der Waals surface area contributed by atoms with Gasteiger partial charge in [0.15, 0.2) is 22.8 Å². The second-order valence-corrected chi connectivity index (χ2v) is 11.6. The van der Waals surface area contributed by atoms with Crippen LogP contribution in [-0.4, -0.2) is 61.3 Å². The molecule has 0 amide bonds. The van der Waals surface area contributed by atoms with E-state index in [1.54, 1.807) is 0 Å². The Morgan fingerprint density at radius 2 is 1.74 bits per heavy atom. The Balaban J connectivity index is 1.66. The molecule has 3 aromatic heterocycles. The predicted molar refractivity (Wildman–Crippen MR) is 134 cm³/mol. The lowest BCUT2D eigenvalue weighted by Crippen LogP contribution is -2.37. The molecule has 0 atom stereocenters. The third kappa shape index (κ3) is 4.85. The maximum absolute atomic E-state index is 5.59. The summed E-state index contributed by atoms with van der Waals surface area (Å²) in [4.78, 5) is 26.7. The van der Waals surface area contributed by atoms with Gasteiger partial charge in [-0.1, -0.05) is 20.8 Å². The van der Waals surface area contributed by atoms with Crippen LogP contribution in [0.2, 0.25) is 0 Å². The van der Waals surface area contributed by atoms with E-state index >= 15 is 0 Å². The molecule has 9 nitrogen and oxygen atoms in total. The van der Waals surface area contributed by atoms with Crippen molar-refractivity contribution in [2.75, 3.05) is 36.5 Å². The van der Waals surface area contributed by atoms with E-state index in [-0.39, 0.29) is 11.0 Å². The molecule has 5 rings (SSSR count). The monoisotopic (exact) mass is 464 g/mol. The molecule has 1 saturated carbocycles. The number of fused-ring (bicyclic) bond motifs is 1. The number of aromatic nitrogens is 6. The summed E-state index contributed by atoms with van der Waals surface area (Å²) in [7, 11) is 0. The van der Waals surface area contributed by atoms with E-state index in [4.69, 9.17) is 24.7 Å². The number of morpholine rings is 1. The average Bonchev–Trinajstić information content (AvgIpc) is 3.50. The van der Waals surface area contributed by atoms with Crippen molar-refractivity contribution in [3.05, 3.63) is 18.2 Å². The highest BCUT2D eigenvalue weighted by Gasteiger charge is 2.28. The van der Waals surface area contributed by atoms with Crippen molar-refractivity contribution in [2.24, 2.45) is 5.92 Å². The van der Waals surface area contributed by atoms with Gasteiger partial charge in [-0.15, -0.1) is 0 Å². The number of anilines is 2. The van der Waals surface area contributed by atoms with E-state index < -0.39 is 0 Å². The first-order valence-corrected chi connectivity index (χ1v) is 12.3. The summed E-state index contributed by atoms with van der Waals surface area (Å²) < 4.78 is 7.78. The normalized spacial score (nSPS) is 17.4. The fourth-order valence-electron chi connectivity index (χ4n) is 4.27. The van der Waals surface area contributed by atoms with Crippen molar-refractivity contribution < 1.29 is 4.74 Å². The summed E-state index contributed by atoms with van der Waals surface area (Å²) in [6.45, 7) is 16.7. The lowest BCUT2D eigenvalue weighted by Gasteiger charge is -2.28. The Bertz CT molecular complexity index is 1180. The van der Waals surface area contributed by atoms with Gasteiger partial charge in [0.05, 0.1) is 30.8 Å². The highest BCUT2D eigenvalue weighted by Crippen LogP contribution is 2.35. The van der Waals surface area contributed by atoms with E-state index in [2.05, 4.69) is 61.3 Å². The lowest BCUT2D eigenvalue weighted by molar-refractivity contribution is 0.122. The maximum atomic E-state index is 5.59. The molecule has 182 valence electrons. The number of ether oxygens (including phenoxy) is 1. The molecule has 1 N–H and O–H groups in total. The number of hydrogen-bond acceptors (Lipinski definition) is 8. The van der Waals surface area contributed by atoms with Crippen LogP contribution in [-0.2, 0) is 16.7 Å². The van der Waals surface area contributed by atoms with Crippen molar-refractivity contribution in [3.8, 4) is 11.4 Å². The maximum Gasteiger partial charge on any atom is 0.223 e. The number of imidazole rings is 1. The standard InChI is InChI=1S/C25H36N8O/c1-24(2,3)19-17(13-26-23(28-19)31-25(4,5)6)20-29-21(32-9-11-34-12-10-32)18-22(30-20)33(15-27-18)14-16-7-8-16/h13,15-16H,7-12,14H2,1-6H3,(H,26,28,31). The van der Waals surface area contributed by atoms with Gasteiger partial charge in [0, 0.05) is 36.8 Å². The predicted octanol–water partition coefficient (Wildman–Crippen LogP) is 4.04. The molecule has 1 aliphatic carbocycles. The van der Waals surface area contributed by atoms with Gasteiger partial charge in [-0.25, -0.2) is 24.9 Å². The fourth-order valence-corrected chi connectivity index (χ4v) is 4.27. The minimum atomic E-state index is -0.210. The van der Waals surface area contributed by atoms with Gasteiger partial charge in [0.2, 0.25) is 5.95 Å². The second kappa shape index (κ2) is 8.45. The lowest BCUT2D eigenvalue weighted by atomic mass is 9.88. The zero-order chi connectivity index (χ0) is 24.1. The molecular formula is C25H36N8O. The van der Waals surface area contributed by atoms with Crippen LogP contribution in [0.5, 0.6) is 0 Å². The Morgan fingerprint density at radius 1 is 1.00 bits per heavy atom. The van der Waals surface area contributed by atoms with Crippen LogP contribution in [0.1, 0.15) is 60.1 Å². The molecule has 0 unspecified atom stereocenters. The molecule has 4 heterocycles. The Kier molecular flexibility index (Phi) is 5.70. The van der Waals surface area contributed by atoms with E-state index in [1.165, 1.54) is 12.8 Å². The Labute approximate surface area is 201 Å². The van der Waals surface area contributed by atoms with Gasteiger partial charge in [-0.3, -0.25) is 0 Å². The molecule has 0 radical (unpaired) electrons. The SMILES string of the molecule is CC(C)(C)Nc1ncc(-c2nc(N3CCOCC3)c3ncn(CC4CC4)c3n2)c(C(C)(C)C)n1. The molecule has 3 aromatic rings. The van der Waals surface area contributed by atoms with Crippen LogP contribution >= 0.6 is 0 Å². The van der Waals surface area contributed by atoms with Gasteiger partial charge in [-0.05, 0) is 39.5 Å². The van der Waals surface area contributed by atoms with Gasteiger partial charge < -0.3 is 19.5 Å². The first kappa shape index (κ1) is 23.0. The van der Waals surface area contributed by atoms with Crippen molar-refractivity contribution in [1.82, 2.24) is 29.5 Å². The number of hydrogen-bond donors (Lipinski definition) is 1. The molecule has 34 heavy (non-hydrogen) atoms. The van der Waals surface area contributed by atoms with Crippen LogP contribution in [0.4, 0.5) is 11.8 Å². The molecule has 1 aliphatic heterocycles. The molecule has 0 bridgehead atoms.